The van der Waals surface area contributed by atoms with Crippen molar-refractivity contribution >= 4 is 37.6 Å². The molecule has 0 aliphatic carbocycles. The number of sulfonamides is 1. The number of aromatic nitrogens is 1. The molecule has 0 aliphatic heterocycles. The lowest BCUT2D eigenvalue weighted by Gasteiger charge is -2.08. The van der Waals surface area contributed by atoms with Gasteiger partial charge in [-0.1, -0.05) is 29.8 Å². The molecule has 1 aromatic heterocycles. The Morgan fingerprint density at radius 1 is 1.26 bits per heavy atom. The molecule has 19 heavy (non-hydrogen) atoms. The van der Waals surface area contributed by atoms with Crippen LogP contribution in [-0.4, -0.2) is 13.4 Å². The van der Waals surface area contributed by atoms with Gasteiger partial charge in [0.25, 0.3) is 0 Å². The minimum absolute atomic E-state index is 0.0858. The highest BCUT2D eigenvalue weighted by atomic mass is 79.9. The molecule has 0 aliphatic rings. The molecule has 100 valence electrons. The number of nitrogens with zero attached hydrogens (tertiary/aromatic N) is 1. The number of benzene rings is 1. The lowest BCUT2D eigenvalue weighted by Crippen LogP contribution is -2.23. The third-order valence-electron chi connectivity index (χ3n) is 2.38. The summed E-state index contributed by atoms with van der Waals surface area (Å²) in [5, 5.41) is 0.277. The second-order valence-electron chi connectivity index (χ2n) is 3.74. The number of nitrogens with one attached hydrogen (secondary N) is 1. The smallest absolute Gasteiger partial charge is 0.240 e. The lowest BCUT2D eigenvalue weighted by molar-refractivity contribution is 0.581. The molecule has 2 aromatic rings. The molecule has 7 heteroatoms. The standard InChI is InChI=1S/C12H10BrClN2O2S/c13-10-6-9(12(14)15-8-10)7-16-19(17,18)11-4-2-1-3-5-11/h1-6,8,16H,7H2. The lowest BCUT2D eigenvalue weighted by atomic mass is 10.3. The molecule has 0 atom stereocenters. The fraction of sp³-hybridized carbons (Fsp3) is 0.0833. The van der Waals surface area contributed by atoms with E-state index in [1.807, 2.05) is 0 Å². The summed E-state index contributed by atoms with van der Waals surface area (Å²) in [7, 11) is -3.54. The van der Waals surface area contributed by atoms with Crippen molar-refractivity contribution in [2.75, 3.05) is 0 Å². The zero-order chi connectivity index (χ0) is 13.9. The SMILES string of the molecule is O=S(=O)(NCc1cc(Br)cnc1Cl)c1ccccc1. The third-order valence-corrected chi connectivity index (χ3v) is 4.58. The summed E-state index contributed by atoms with van der Waals surface area (Å²) in [6.07, 6.45) is 1.55. The van der Waals surface area contributed by atoms with Gasteiger partial charge in [0.15, 0.2) is 0 Å². The van der Waals surface area contributed by atoms with E-state index in [1.165, 1.54) is 12.1 Å². The summed E-state index contributed by atoms with van der Waals surface area (Å²) in [6.45, 7) is 0.0858. The fourth-order valence-electron chi connectivity index (χ4n) is 1.44. The van der Waals surface area contributed by atoms with Crippen LogP contribution < -0.4 is 4.72 Å². The number of pyridine rings is 1. The molecule has 0 fully saturated rings. The van der Waals surface area contributed by atoms with E-state index in [0.717, 1.165) is 4.47 Å². The van der Waals surface area contributed by atoms with E-state index >= 15 is 0 Å². The van der Waals surface area contributed by atoms with E-state index < -0.39 is 10.0 Å². The van der Waals surface area contributed by atoms with Crippen LogP contribution in [-0.2, 0) is 16.6 Å². The van der Waals surface area contributed by atoms with Gasteiger partial charge in [0.2, 0.25) is 10.0 Å². The summed E-state index contributed by atoms with van der Waals surface area (Å²) in [5.74, 6) is 0. The molecule has 4 nitrogen and oxygen atoms in total. The highest BCUT2D eigenvalue weighted by Crippen LogP contribution is 2.18. The van der Waals surface area contributed by atoms with E-state index in [4.69, 9.17) is 11.6 Å². The van der Waals surface area contributed by atoms with E-state index in [1.54, 1.807) is 30.5 Å². The van der Waals surface area contributed by atoms with Crippen LogP contribution in [0.1, 0.15) is 5.56 Å². The first kappa shape index (κ1) is 14.5. The Morgan fingerprint density at radius 2 is 1.95 bits per heavy atom. The van der Waals surface area contributed by atoms with Crippen molar-refractivity contribution in [3.05, 3.63) is 57.8 Å². The number of hydrogen-bond donors (Lipinski definition) is 1. The van der Waals surface area contributed by atoms with Gasteiger partial charge >= 0.3 is 0 Å². The first-order valence-electron chi connectivity index (χ1n) is 5.34. The molecule has 0 unspecified atom stereocenters. The van der Waals surface area contributed by atoms with Gasteiger partial charge in [-0.3, -0.25) is 0 Å². The van der Waals surface area contributed by atoms with Crippen molar-refractivity contribution < 1.29 is 8.42 Å². The second kappa shape index (κ2) is 6.00. The molecule has 1 heterocycles. The normalized spacial score (nSPS) is 11.5. The minimum atomic E-state index is -3.54. The Bertz CT molecular complexity index is 677. The number of halogens is 2. The van der Waals surface area contributed by atoms with Gasteiger partial charge in [-0.25, -0.2) is 18.1 Å². The fourth-order valence-corrected chi connectivity index (χ4v) is 3.02. The van der Waals surface area contributed by atoms with Crippen LogP contribution in [0.4, 0.5) is 0 Å². The third kappa shape index (κ3) is 3.76. The van der Waals surface area contributed by atoms with Gasteiger partial charge in [0.1, 0.15) is 5.15 Å². The summed E-state index contributed by atoms with van der Waals surface area (Å²) < 4.78 is 27.3. The van der Waals surface area contributed by atoms with Gasteiger partial charge in [0, 0.05) is 22.8 Å². The van der Waals surface area contributed by atoms with E-state index in [2.05, 4.69) is 25.6 Å². The van der Waals surface area contributed by atoms with E-state index in [9.17, 15) is 8.42 Å². The van der Waals surface area contributed by atoms with Crippen molar-refractivity contribution in [3.8, 4) is 0 Å². The minimum Gasteiger partial charge on any atom is -0.243 e. The monoisotopic (exact) mass is 360 g/mol. The van der Waals surface area contributed by atoms with E-state index in [-0.39, 0.29) is 16.6 Å². The molecule has 0 saturated heterocycles. The molecular weight excluding hydrogens is 352 g/mol. The first-order valence-corrected chi connectivity index (χ1v) is 7.99. The Labute approximate surface area is 125 Å². The zero-order valence-corrected chi connectivity index (χ0v) is 12.8. The second-order valence-corrected chi connectivity index (χ2v) is 6.78. The predicted molar refractivity (Wildman–Crippen MR) is 77.4 cm³/mol. The van der Waals surface area contributed by atoms with Crippen LogP contribution >= 0.6 is 27.5 Å². The maximum absolute atomic E-state index is 12.0. The number of hydrogen-bond acceptors (Lipinski definition) is 3. The Balaban J connectivity index is 2.17. The molecule has 0 bridgehead atoms. The quantitative estimate of drug-likeness (QED) is 0.852. The van der Waals surface area contributed by atoms with Gasteiger partial charge in [-0.15, -0.1) is 0 Å². The summed E-state index contributed by atoms with van der Waals surface area (Å²) in [4.78, 5) is 4.15. The Morgan fingerprint density at radius 3 is 2.63 bits per heavy atom. The van der Waals surface area contributed by atoms with Crippen LogP contribution in [0, 0.1) is 0 Å². The van der Waals surface area contributed by atoms with E-state index in [0.29, 0.717) is 5.56 Å². The van der Waals surface area contributed by atoms with Crippen molar-refractivity contribution in [2.45, 2.75) is 11.4 Å². The molecule has 1 aromatic carbocycles. The molecule has 1 N–H and O–H groups in total. The van der Waals surface area contributed by atoms with Crippen LogP contribution in [0.15, 0.2) is 52.0 Å². The number of rotatable bonds is 4. The Hall–Kier alpha value is -0.950. The van der Waals surface area contributed by atoms with Crippen LogP contribution in [0.5, 0.6) is 0 Å². The average Bonchev–Trinajstić information content (AvgIpc) is 2.41. The van der Waals surface area contributed by atoms with Crippen molar-refractivity contribution in [1.29, 1.82) is 0 Å². The molecule has 2 rings (SSSR count). The highest BCUT2D eigenvalue weighted by molar-refractivity contribution is 9.10. The molecule has 0 radical (unpaired) electrons. The summed E-state index contributed by atoms with van der Waals surface area (Å²) >= 11 is 9.17. The van der Waals surface area contributed by atoms with Crippen molar-refractivity contribution in [3.63, 3.8) is 0 Å². The largest absolute Gasteiger partial charge is 0.243 e. The maximum atomic E-state index is 12.0. The van der Waals surface area contributed by atoms with Gasteiger partial charge in [0.05, 0.1) is 4.90 Å². The average molecular weight is 362 g/mol. The highest BCUT2D eigenvalue weighted by Gasteiger charge is 2.14. The van der Waals surface area contributed by atoms with Crippen LogP contribution in [0.25, 0.3) is 0 Å². The molecule has 0 spiro atoms. The summed E-state index contributed by atoms with van der Waals surface area (Å²) in [5.41, 5.74) is 0.607. The van der Waals surface area contributed by atoms with Crippen molar-refractivity contribution in [1.82, 2.24) is 9.71 Å². The maximum Gasteiger partial charge on any atom is 0.240 e. The first-order chi connectivity index (χ1) is 8.99. The zero-order valence-electron chi connectivity index (χ0n) is 9.68. The topological polar surface area (TPSA) is 59.1 Å². The van der Waals surface area contributed by atoms with Gasteiger partial charge < -0.3 is 0 Å². The van der Waals surface area contributed by atoms with Gasteiger partial charge in [-0.2, -0.15) is 0 Å². The molecule has 0 saturated carbocycles. The summed E-state index contributed by atoms with van der Waals surface area (Å²) in [6, 6.07) is 9.88. The molecular formula is C12H10BrClN2O2S. The Kier molecular flexibility index (Phi) is 4.57. The van der Waals surface area contributed by atoms with Crippen LogP contribution in [0.3, 0.4) is 0 Å². The van der Waals surface area contributed by atoms with Crippen molar-refractivity contribution in [2.24, 2.45) is 0 Å². The van der Waals surface area contributed by atoms with Gasteiger partial charge in [-0.05, 0) is 34.1 Å². The molecule has 0 amide bonds. The predicted octanol–water partition coefficient (Wildman–Crippen LogP) is 2.98. The van der Waals surface area contributed by atoms with Crippen LogP contribution in [0.2, 0.25) is 5.15 Å².